The molecule has 3 aromatic rings. The normalized spacial score (nSPS) is 10.3. The largest absolute Gasteiger partial charge is 0.497 e. The molecule has 148 valence electrons. The maximum atomic E-state index is 12.6. The number of hydrogen-bond acceptors (Lipinski definition) is 4. The molecule has 0 radical (unpaired) electrons. The number of hydrogen-bond donors (Lipinski definition) is 2. The molecule has 0 aliphatic rings. The van der Waals surface area contributed by atoms with Gasteiger partial charge < -0.3 is 20.1 Å². The molecule has 0 bridgehead atoms. The van der Waals surface area contributed by atoms with E-state index in [1.165, 1.54) is 14.2 Å². The van der Waals surface area contributed by atoms with Crippen molar-refractivity contribution in [2.75, 3.05) is 19.5 Å². The smallest absolute Gasteiger partial charge is 0.313 e. The number of rotatable bonds is 6. The van der Waals surface area contributed by atoms with Crippen molar-refractivity contribution in [1.82, 2.24) is 5.32 Å². The Morgan fingerprint density at radius 3 is 1.86 bits per heavy atom. The van der Waals surface area contributed by atoms with Gasteiger partial charge in [0.25, 0.3) is 0 Å². The molecule has 0 aromatic heterocycles. The van der Waals surface area contributed by atoms with Crippen molar-refractivity contribution < 1.29 is 19.1 Å². The van der Waals surface area contributed by atoms with Gasteiger partial charge >= 0.3 is 11.8 Å². The summed E-state index contributed by atoms with van der Waals surface area (Å²) in [4.78, 5) is 25.2. The van der Waals surface area contributed by atoms with E-state index in [-0.39, 0.29) is 0 Å². The molecule has 0 saturated carbocycles. The number of ether oxygens (including phenoxy) is 2. The van der Waals surface area contributed by atoms with Crippen LogP contribution >= 0.6 is 0 Å². The fourth-order valence-electron chi connectivity index (χ4n) is 2.93. The molecule has 0 spiro atoms. The molecule has 6 heteroatoms. The average molecular weight is 390 g/mol. The Morgan fingerprint density at radius 1 is 0.759 bits per heavy atom. The second kappa shape index (κ2) is 9.41. The van der Waals surface area contributed by atoms with Gasteiger partial charge in [-0.3, -0.25) is 9.59 Å². The van der Waals surface area contributed by atoms with Crippen molar-refractivity contribution in [3.63, 3.8) is 0 Å². The zero-order chi connectivity index (χ0) is 20.6. The van der Waals surface area contributed by atoms with Crippen molar-refractivity contribution in [1.29, 1.82) is 0 Å². The summed E-state index contributed by atoms with van der Waals surface area (Å²) in [6.07, 6.45) is 0. The molecular formula is C23H22N2O4. The minimum absolute atomic E-state index is 0.379. The van der Waals surface area contributed by atoms with Crippen molar-refractivity contribution in [3.8, 4) is 11.5 Å². The molecule has 0 heterocycles. The zero-order valence-corrected chi connectivity index (χ0v) is 16.2. The van der Waals surface area contributed by atoms with Crippen molar-refractivity contribution in [2.24, 2.45) is 0 Å². The van der Waals surface area contributed by atoms with Crippen molar-refractivity contribution in [2.45, 2.75) is 6.04 Å². The molecule has 0 saturated heterocycles. The summed E-state index contributed by atoms with van der Waals surface area (Å²) in [7, 11) is 3.01. The molecule has 0 fully saturated rings. The van der Waals surface area contributed by atoms with E-state index in [0.29, 0.717) is 17.2 Å². The summed E-state index contributed by atoms with van der Waals surface area (Å²) in [6.45, 7) is 0. The molecule has 0 unspecified atom stereocenters. The number of anilines is 1. The van der Waals surface area contributed by atoms with Crippen LogP contribution in [0, 0.1) is 0 Å². The summed E-state index contributed by atoms with van der Waals surface area (Å²) in [5, 5.41) is 5.40. The van der Waals surface area contributed by atoms with Gasteiger partial charge in [0, 0.05) is 6.07 Å². The van der Waals surface area contributed by atoms with Crippen LogP contribution in [-0.2, 0) is 9.59 Å². The first kappa shape index (κ1) is 19.9. The molecular weight excluding hydrogens is 368 g/mol. The number of carbonyl (C=O) groups is 2. The molecule has 6 nitrogen and oxygen atoms in total. The summed E-state index contributed by atoms with van der Waals surface area (Å²) in [6, 6.07) is 23.4. The Kier molecular flexibility index (Phi) is 6.47. The first-order valence-electron chi connectivity index (χ1n) is 9.06. The van der Waals surface area contributed by atoms with Gasteiger partial charge in [0.1, 0.15) is 11.5 Å². The molecule has 3 aromatic carbocycles. The zero-order valence-electron chi connectivity index (χ0n) is 16.2. The molecule has 3 rings (SSSR count). The van der Waals surface area contributed by atoms with E-state index in [1.54, 1.807) is 18.2 Å². The summed E-state index contributed by atoms with van der Waals surface area (Å²) in [5.74, 6) is -0.559. The van der Waals surface area contributed by atoms with Gasteiger partial charge in [0.2, 0.25) is 0 Å². The third-order valence-electron chi connectivity index (χ3n) is 4.40. The summed E-state index contributed by atoms with van der Waals surface area (Å²) >= 11 is 0. The van der Waals surface area contributed by atoms with Crippen LogP contribution < -0.4 is 20.1 Å². The highest BCUT2D eigenvalue weighted by molar-refractivity contribution is 6.39. The van der Waals surface area contributed by atoms with Crippen LogP contribution in [0.3, 0.4) is 0 Å². The second-order valence-electron chi connectivity index (χ2n) is 6.25. The quantitative estimate of drug-likeness (QED) is 0.631. The average Bonchev–Trinajstić information content (AvgIpc) is 2.78. The fraction of sp³-hybridized carbons (Fsp3) is 0.130. The van der Waals surface area contributed by atoms with Crippen LogP contribution in [0.5, 0.6) is 11.5 Å². The van der Waals surface area contributed by atoms with Crippen LogP contribution in [0.1, 0.15) is 17.2 Å². The van der Waals surface area contributed by atoms with Gasteiger partial charge in [-0.1, -0.05) is 60.7 Å². The fourth-order valence-corrected chi connectivity index (χ4v) is 2.93. The Balaban J connectivity index is 1.79. The van der Waals surface area contributed by atoms with Gasteiger partial charge in [-0.05, 0) is 23.3 Å². The predicted molar refractivity (Wildman–Crippen MR) is 111 cm³/mol. The van der Waals surface area contributed by atoms with Gasteiger partial charge in [-0.25, -0.2) is 0 Å². The Hall–Kier alpha value is -3.80. The van der Waals surface area contributed by atoms with E-state index in [1.807, 2.05) is 60.7 Å². The lowest BCUT2D eigenvalue weighted by Gasteiger charge is -2.20. The summed E-state index contributed by atoms with van der Waals surface area (Å²) < 4.78 is 10.4. The molecule has 29 heavy (non-hydrogen) atoms. The monoisotopic (exact) mass is 390 g/mol. The minimum Gasteiger partial charge on any atom is -0.497 e. The summed E-state index contributed by atoms with van der Waals surface area (Å²) in [5.41, 5.74) is 2.13. The second-order valence-corrected chi connectivity index (χ2v) is 6.25. The number of carbonyl (C=O) groups excluding carboxylic acids is 2. The van der Waals surface area contributed by atoms with E-state index >= 15 is 0 Å². The minimum atomic E-state index is -0.787. The van der Waals surface area contributed by atoms with Crippen molar-refractivity contribution in [3.05, 3.63) is 90.0 Å². The highest BCUT2D eigenvalue weighted by Gasteiger charge is 2.22. The molecule has 2 amide bonds. The van der Waals surface area contributed by atoms with Crippen LogP contribution in [0.25, 0.3) is 0 Å². The van der Waals surface area contributed by atoms with E-state index in [0.717, 1.165) is 11.1 Å². The standard InChI is InChI=1S/C23H22N2O4/c1-28-18-13-14-19(20(15-18)29-2)24-22(26)23(27)25-21(16-9-5-3-6-10-16)17-11-7-4-8-12-17/h3-15,21H,1-2H3,(H,24,26)(H,25,27). The van der Waals surface area contributed by atoms with E-state index < -0.39 is 17.9 Å². The first-order chi connectivity index (χ1) is 14.1. The lowest BCUT2D eigenvalue weighted by molar-refractivity contribution is -0.136. The van der Waals surface area contributed by atoms with Crippen molar-refractivity contribution >= 4 is 17.5 Å². The Bertz CT molecular complexity index is 935. The van der Waals surface area contributed by atoms with E-state index in [9.17, 15) is 9.59 Å². The number of methoxy groups -OCH3 is 2. The SMILES string of the molecule is COc1ccc(NC(=O)C(=O)NC(c2ccccc2)c2ccccc2)c(OC)c1. The lowest BCUT2D eigenvalue weighted by atomic mass is 9.99. The maximum absolute atomic E-state index is 12.6. The molecule has 0 aliphatic carbocycles. The predicted octanol–water partition coefficient (Wildman–Crippen LogP) is 3.55. The molecule has 0 atom stereocenters. The number of benzene rings is 3. The third-order valence-corrected chi connectivity index (χ3v) is 4.40. The first-order valence-corrected chi connectivity index (χ1v) is 9.06. The van der Waals surface area contributed by atoms with E-state index in [4.69, 9.17) is 9.47 Å². The van der Waals surface area contributed by atoms with Gasteiger partial charge in [-0.2, -0.15) is 0 Å². The topological polar surface area (TPSA) is 76.7 Å². The lowest BCUT2D eigenvalue weighted by Crippen LogP contribution is -2.38. The number of nitrogens with one attached hydrogen (secondary N) is 2. The maximum Gasteiger partial charge on any atom is 0.313 e. The van der Waals surface area contributed by atoms with Crippen LogP contribution in [0.4, 0.5) is 5.69 Å². The van der Waals surface area contributed by atoms with Crippen LogP contribution in [0.15, 0.2) is 78.9 Å². The molecule has 2 N–H and O–H groups in total. The number of amides is 2. The van der Waals surface area contributed by atoms with Gasteiger partial charge in [0.05, 0.1) is 25.9 Å². The van der Waals surface area contributed by atoms with Gasteiger partial charge in [0.15, 0.2) is 0 Å². The van der Waals surface area contributed by atoms with Crippen LogP contribution in [-0.4, -0.2) is 26.0 Å². The Morgan fingerprint density at radius 2 is 1.34 bits per heavy atom. The van der Waals surface area contributed by atoms with Crippen LogP contribution in [0.2, 0.25) is 0 Å². The highest BCUT2D eigenvalue weighted by atomic mass is 16.5. The third kappa shape index (κ3) is 4.93. The highest BCUT2D eigenvalue weighted by Crippen LogP contribution is 2.29. The molecule has 0 aliphatic heterocycles. The van der Waals surface area contributed by atoms with E-state index in [2.05, 4.69) is 10.6 Å². The van der Waals surface area contributed by atoms with Gasteiger partial charge in [-0.15, -0.1) is 0 Å². The Labute approximate surface area is 169 Å².